The van der Waals surface area contributed by atoms with Crippen molar-refractivity contribution in [2.75, 3.05) is 11.5 Å². The summed E-state index contributed by atoms with van der Waals surface area (Å²) in [6.07, 6.45) is 0.758. The SMILES string of the molecule is CCOC(=O)c1cc2n(n1)C[C@@](C)(C(=O)NCc1ccc(F)cc1)N(c1cccc(CC)c1)C2=O. The Labute approximate surface area is 202 Å². The van der Waals surface area contributed by atoms with Gasteiger partial charge in [0.2, 0.25) is 5.91 Å². The molecule has 1 aliphatic rings. The zero-order valence-electron chi connectivity index (χ0n) is 19.9. The normalized spacial score (nSPS) is 17.1. The molecule has 1 atom stereocenters. The second kappa shape index (κ2) is 9.69. The van der Waals surface area contributed by atoms with E-state index in [2.05, 4.69) is 10.4 Å². The van der Waals surface area contributed by atoms with Crippen LogP contribution in [0.5, 0.6) is 0 Å². The highest BCUT2D eigenvalue weighted by Gasteiger charge is 2.49. The molecule has 182 valence electrons. The van der Waals surface area contributed by atoms with Crippen LogP contribution in [0.3, 0.4) is 0 Å². The molecule has 35 heavy (non-hydrogen) atoms. The molecule has 1 aromatic heterocycles. The molecule has 9 heteroatoms. The predicted octanol–water partition coefficient (Wildman–Crippen LogP) is 3.50. The quantitative estimate of drug-likeness (QED) is 0.525. The lowest BCUT2D eigenvalue weighted by atomic mass is 9.93. The van der Waals surface area contributed by atoms with Gasteiger partial charge < -0.3 is 10.1 Å². The standard InChI is InChI=1S/C26H27FN4O4/c1-4-17-7-6-8-20(13-17)31-23(32)22-14-21(24(33)35-5-2)29-30(22)16-26(31,3)25(34)28-15-18-9-11-19(27)12-10-18/h6-14H,4-5,15-16H2,1-3H3,(H,28,34)/t26-/m0/s1. The first-order chi connectivity index (χ1) is 16.8. The monoisotopic (exact) mass is 478 g/mol. The number of nitrogens with one attached hydrogen (secondary N) is 1. The van der Waals surface area contributed by atoms with Gasteiger partial charge in [-0.05, 0) is 55.7 Å². The number of ether oxygens (including phenoxy) is 1. The van der Waals surface area contributed by atoms with Gasteiger partial charge in [0.1, 0.15) is 17.1 Å². The average molecular weight is 479 g/mol. The summed E-state index contributed by atoms with van der Waals surface area (Å²) in [6, 6.07) is 14.7. The van der Waals surface area contributed by atoms with Crippen molar-refractivity contribution >= 4 is 23.5 Å². The van der Waals surface area contributed by atoms with Crippen LogP contribution in [0.15, 0.2) is 54.6 Å². The molecule has 0 radical (unpaired) electrons. The molecular formula is C26H27FN4O4. The molecule has 0 spiro atoms. The van der Waals surface area contributed by atoms with Gasteiger partial charge in [0, 0.05) is 18.3 Å². The Morgan fingerprint density at radius 3 is 2.54 bits per heavy atom. The number of hydrogen-bond donors (Lipinski definition) is 1. The van der Waals surface area contributed by atoms with Crippen LogP contribution in [-0.2, 0) is 29.0 Å². The third kappa shape index (κ3) is 4.66. The van der Waals surface area contributed by atoms with Crippen LogP contribution in [-0.4, -0.2) is 39.7 Å². The lowest BCUT2D eigenvalue weighted by molar-refractivity contribution is -0.126. The molecule has 1 aliphatic heterocycles. The Kier molecular flexibility index (Phi) is 6.68. The number of aryl methyl sites for hydroxylation is 1. The van der Waals surface area contributed by atoms with Gasteiger partial charge in [0.25, 0.3) is 5.91 Å². The second-order valence-electron chi connectivity index (χ2n) is 8.54. The summed E-state index contributed by atoms with van der Waals surface area (Å²) in [6.45, 7) is 5.72. The van der Waals surface area contributed by atoms with Gasteiger partial charge in [-0.2, -0.15) is 5.10 Å². The maximum absolute atomic E-state index is 13.7. The van der Waals surface area contributed by atoms with Gasteiger partial charge in [-0.3, -0.25) is 19.2 Å². The molecule has 0 aliphatic carbocycles. The highest BCUT2D eigenvalue weighted by atomic mass is 19.1. The highest BCUT2D eigenvalue weighted by molar-refractivity contribution is 6.12. The van der Waals surface area contributed by atoms with Gasteiger partial charge in [-0.25, -0.2) is 9.18 Å². The first kappa shape index (κ1) is 24.1. The van der Waals surface area contributed by atoms with Crippen molar-refractivity contribution in [3.63, 3.8) is 0 Å². The summed E-state index contributed by atoms with van der Waals surface area (Å²) in [5.41, 5.74) is 1.14. The number of amides is 2. The number of anilines is 1. The van der Waals surface area contributed by atoms with Crippen molar-refractivity contribution < 1.29 is 23.5 Å². The van der Waals surface area contributed by atoms with E-state index in [1.54, 1.807) is 32.0 Å². The number of aromatic nitrogens is 2. The van der Waals surface area contributed by atoms with E-state index in [1.807, 2.05) is 25.1 Å². The Morgan fingerprint density at radius 1 is 1.11 bits per heavy atom. The van der Waals surface area contributed by atoms with Crippen molar-refractivity contribution in [2.24, 2.45) is 0 Å². The maximum Gasteiger partial charge on any atom is 0.358 e. The smallest absolute Gasteiger partial charge is 0.358 e. The van der Waals surface area contributed by atoms with Crippen molar-refractivity contribution in [1.29, 1.82) is 0 Å². The van der Waals surface area contributed by atoms with Gasteiger partial charge in [-0.15, -0.1) is 0 Å². The molecule has 2 amide bonds. The Balaban J connectivity index is 1.72. The van der Waals surface area contributed by atoms with E-state index in [1.165, 1.54) is 27.8 Å². The summed E-state index contributed by atoms with van der Waals surface area (Å²) >= 11 is 0. The van der Waals surface area contributed by atoms with Gasteiger partial charge in [0.05, 0.1) is 13.2 Å². The summed E-state index contributed by atoms with van der Waals surface area (Å²) in [4.78, 5) is 41.0. The van der Waals surface area contributed by atoms with Gasteiger partial charge in [-0.1, -0.05) is 31.2 Å². The Bertz CT molecular complexity index is 1270. The Morgan fingerprint density at radius 2 is 1.86 bits per heavy atom. The minimum Gasteiger partial charge on any atom is -0.461 e. The number of benzene rings is 2. The summed E-state index contributed by atoms with van der Waals surface area (Å²) in [7, 11) is 0. The summed E-state index contributed by atoms with van der Waals surface area (Å²) in [5.74, 6) is -1.86. The predicted molar refractivity (Wildman–Crippen MR) is 127 cm³/mol. The van der Waals surface area contributed by atoms with E-state index < -0.39 is 23.3 Å². The summed E-state index contributed by atoms with van der Waals surface area (Å²) < 4.78 is 19.7. The lowest BCUT2D eigenvalue weighted by Crippen LogP contribution is -2.64. The van der Waals surface area contributed by atoms with E-state index >= 15 is 0 Å². The van der Waals surface area contributed by atoms with Crippen LogP contribution >= 0.6 is 0 Å². The molecule has 0 unspecified atom stereocenters. The topological polar surface area (TPSA) is 93.5 Å². The molecule has 4 rings (SSSR count). The molecule has 1 N–H and O–H groups in total. The second-order valence-corrected chi connectivity index (χ2v) is 8.54. The van der Waals surface area contributed by atoms with Crippen LogP contribution in [0.4, 0.5) is 10.1 Å². The third-order valence-electron chi connectivity index (χ3n) is 6.07. The summed E-state index contributed by atoms with van der Waals surface area (Å²) in [5, 5.41) is 7.13. The number of nitrogens with zero attached hydrogens (tertiary/aromatic N) is 3. The number of hydrogen-bond acceptors (Lipinski definition) is 5. The number of carbonyl (C=O) groups is 3. The van der Waals surface area contributed by atoms with Gasteiger partial charge in [0.15, 0.2) is 5.69 Å². The Hall–Kier alpha value is -4.01. The van der Waals surface area contributed by atoms with Gasteiger partial charge >= 0.3 is 5.97 Å². The third-order valence-corrected chi connectivity index (χ3v) is 6.07. The maximum atomic E-state index is 13.7. The minimum absolute atomic E-state index is 0.00780. The van der Waals surface area contributed by atoms with Crippen molar-refractivity contribution in [3.8, 4) is 0 Å². The van der Waals surface area contributed by atoms with E-state index in [9.17, 15) is 18.8 Å². The fourth-order valence-electron chi connectivity index (χ4n) is 4.18. The van der Waals surface area contributed by atoms with E-state index in [-0.39, 0.29) is 36.9 Å². The minimum atomic E-state index is -1.35. The van der Waals surface area contributed by atoms with Crippen molar-refractivity contribution in [3.05, 3.63) is 82.9 Å². The number of halogens is 1. The van der Waals surface area contributed by atoms with E-state index in [4.69, 9.17) is 4.74 Å². The van der Waals surface area contributed by atoms with Crippen LogP contribution in [0.2, 0.25) is 0 Å². The van der Waals surface area contributed by atoms with Crippen molar-refractivity contribution in [1.82, 2.24) is 15.1 Å². The molecule has 0 saturated carbocycles. The molecule has 0 fully saturated rings. The molecule has 8 nitrogen and oxygen atoms in total. The fraction of sp³-hybridized carbons (Fsp3) is 0.308. The fourth-order valence-corrected chi connectivity index (χ4v) is 4.18. The van der Waals surface area contributed by atoms with Crippen LogP contribution in [0, 0.1) is 5.82 Å². The zero-order chi connectivity index (χ0) is 25.2. The van der Waals surface area contributed by atoms with E-state index in [0.29, 0.717) is 5.69 Å². The molecule has 2 aromatic carbocycles. The molecule has 0 bridgehead atoms. The zero-order valence-corrected chi connectivity index (χ0v) is 19.9. The van der Waals surface area contributed by atoms with Crippen LogP contribution in [0.1, 0.15) is 52.9 Å². The lowest BCUT2D eigenvalue weighted by Gasteiger charge is -2.43. The number of carbonyl (C=O) groups excluding carboxylic acids is 3. The number of fused-ring (bicyclic) bond motifs is 1. The first-order valence-electron chi connectivity index (χ1n) is 11.5. The molecule has 3 aromatic rings. The largest absolute Gasteiger partial charge is 0.461 e. The van der Waals surface area contributed by atoms with Crippen LogP contribution in [0.25, 0.3) is 0 Å². The first-order valence-corrected chi connectivity index (χ1v) is 11.5. The highest BCUT2D eigenvalue weighted by Crippen LogP contribution is 2.33. The number of rotatable bonds is 7. The average Bonchev–Trinajstić information content (AvgIpc) is 3.28. The molecular weight excluding hydrogens is 451 g/mol. The van der Waals surface area contributed by atoms with E-state index in [0.717, 1.165) is 17.5 Å². The van der Waals surface area contributed by atoms with Crippen LogP contribution < -0.4 is 10.2 Å². The van der Waals surface area contributed by atoms with Crippen molar-refractivity contribution in [2.45, 2.75) is 45.8 Å². The molecule has 0 saturated heterocycles. The number of esters is 1. The molecule has 2 heterocycles.